The molecule has 0 aliphatic carbocycles. The van der Waals surface area contributed by atoms with Crippen molar-refractivity contribution in [1.82, 2.24) is 20.2 Å². The zero-order valence-corrected chi connectivity index (χ0v) is 14.3. The zero-order chi connectivity index (χ0) is 17.4. The maximum absolute atomic E-state index is 12.4. The topological polar surface area (TPSA) is 93.8 Å². The standard InChI is InChI=1S/C17H13N5O2S/c1-9-14(25-10(2)18-9)16-21-22-17(24-16)20-15(23)13-8-7-11-5-3-4-6-12(11)19-13/h3-8H,1-2H3,(H,20,22,23). The number of aromatic nitrogens is 4. The van der Waals surface area contributed by atoms with Crippen molar-refractivity contribution in [3.63, 3.8) is 0 Å². The molecule has 3 aromatic heterocycles. The first-order valence-corrected chi connectivity index (χ1v) is 8.37. The fourth-order valence-corrected chi connectivity index (χ4v) is 3.29. The van der Waals surface area contributed by atoms with Gasteiger partial charge < -0.3 is 4.42 Å². The van der Waals surface area contributed by atoms with Gasteiger partial charge >= 0.3 is 6.01 Å². The molecule has 0 unspecified atom stereocenters. The summed E-state index contributed by atoms with van der Waals surface area (Å²) in [7, 11) is 0. The SMILES string of the molecule is Cc1nc(C)c(-c2nnc(NC(=O)c3ccc4ccccc4n3)o2)s1. The highest BCUT2D eigenvalue weighted by molar-refractivity contribution is 7.15. The van der Waals surface area contributed by atoms with Crippen molar-refractivity contribution < 1.29 is 9.21 Å². The number of benzene rings is 1. The Labute approximate surface area is 146 Å². The summed E-state index contributed by atoms with van der Waals surface area (Å²) in [6.45, 7) is 3.78. The van der Waals surface area contributed by atoms with Gasteiger partial charge in [-0.05, 0) is 26.0 Å². The van der Waals surface area contributed by atoms with Crippen LogP contribution in [0, 0.1) is 13.8 Å². The molecule has 124 valence electrons. The lowest BCUT2D eigenvalue weighted by molar-refractivity contribution is 0.102. The van der Waals surface area contributed by atoms with Gasteiger partial charge in [0.05, 0.1) is 16.2 Å². The van der Waals surface area contributed by atoms with Crippen molar-refractivity contribution in [2.24, 2.45) is 0 Å². The van der Waals surface area contributed by atoms with Crippen LogP contribution in [0.3, 0.4) is 0 Å². The largest absolute Gasteiger partial charge is 0.402 e. The Morgan fingerprint density at radius 2 is 1.92 bits per heavy atom. The molecule has 0 bridgehead atoms. The second kappa shape index (κ2) is 6.06. The average molecular weight is 351 g/mol. The molecule has 25 heavy (non-hydrogen) atoms. The van der Waals surface area contributed by atoms with Crippen LogP contribution in [-0.2, 0) is 0 Å². The van der Waals surface area contributed by atoms with Crippen molar-refractivity contribution in [3.05, 3.63) is 52.8 Å². The molecule has 4 aromatic rings. The molecule has 1 amide bonds. The van der Waals surface area contributed by atoms with E-state index >= 15 is 0 Å². The maximum atomic E-state index is 12.4. The molecule has 0 fully saturated rings. The minimum atomic E-state index is -0.404. The van der Waals surface area contributed by atoms with Crippen LogP contribution in [0.4, 0.5) is 6.01 Å². The first-order valence-electron chi connectivity index (χ1n) is 7.55. The third-order valence-electron chi connectivity index (χ3n) is 3.57. The number of thiazole rings is 1. The molecule has 0 aliphatic rings. The number of aryl methyl sites for hydroxylation is 2. The summed E-state index contributed by atoms with van der Waals surface area (Å²) >= 11 is 1.47. The van der Waals surface area contributed by atoms with Gasteiger partial charge in [-0.15, -0.1) is 16.4 Å². The van der Waals surface area contributed by atoms with Gasteiger partial charge in [0.15, 0.2) is 0 Å². The molecule has 1 aromatic carbocycles. The van der Waals surface area contributed by atoms with E-state index in [1.807, 2.05) is 44.2 Å². The third-order valence-corrected chi connectivity index (χ3v) is 4.64. The minimum absolute atomic E-state index is 0.0282. The molecular formula is C17H13N5O2S. The van der Waals surface area contributed by atoms with E-state index < -0.39 is 5.91 Å². The quantitative estimate of drug-likeness (QED) is 0.606. The summed E-state index contributed by atoms with van der Waals surface area (Å²) in [6.07, 6.45) is 0. The molecule has 0 radical (unpaired) electrons. The molecule has 0 aliphatic heterocycles. The van der Waals surface area contributed by atoms with Gasteiger partial charge in [-0.1, -0.05) is 29.4 Å². The second-order valence-corrected chi connectivity index (χ2v) is 6.61. The summed E-state index contributed by atoms with van der Waals surface area (Å²) in [4.78, 5) is 21.8. The summed E-state index contributed by atoms with van der Waals surface area (Å²) < 4.78 is 5.53. The van der Waals surface area contributed by atoms with E-state index in [0.717, 1.165) is 26.5 Å². The Bertz CT molecular complexity index is 1090. The molecule has 7 nitrogen and oxygen atoms in total. The molecule has 0 spiro atoms. The first kappa shape index (κ1) is 15.4. The Hall–Kier alpha value is -3.13. The molecule has 0 saturated carbocycles. The van der Waals surface area contributed by atoms with Crippen LogP contribution >= 0.6 is 11.3 Å². The number of amides is 1. The average Bonchev–Trinajstić information content (AvgIpc) is 3.20. The molecule has 0 atom stereocenters. The first-order chi connectivity index (χ1) is 12.1. The van der Waals surface area contributed by atoms with Gasteiger partial charge in [-0.25, -0.2) is 9.97 Å². The Kier molecular flexibility index (Phi) is 3.73. The van der Waals surface area contributed by atoms with Crippen LogP contribution in [0.2, 0.25) is 0 Å². The number of carbonyl (C=O) groups excluding carboxylic acids is 1. The number of nitrogens with one attached hydrogen (secondary N) is 1. The van der Waals surface area contributed by atoms with Crippen LogP contribution < -0.4 is 5.32 Å². The lowest BCUT2D eigenvalue weighted by Gasteiger charge is -2.02. The van der Waals surface area contributed by atoms with E-state index in [-0.39, 0.29) is 11.7 Å². The van der Waals surface area contributed by atoms with Gasteiger partial charge in [0, 0.05) is 5.39 Å². The maximum Gasteiger partial charge on any atom is 0.322 e. The number of anilines is 1. The van der Waals surface area contributed by atoms with Crippen molar-refractivity contribution in [3.8, 4) is 10.8 Å². The van der Waals surface area contributed by atoms with Gasteiger partial charge in [0.25, 0.3) is 11.8 Å². The number of fused-ring (bicyclic) bond motifs is 1. The number of hydrogen-bond donors (Lipinski definition) is 1. The van der Waals surface area contributed by atoms with Gasteiger partial charge in [-0.2, -0.15) is 0 Å². The van der Waals surface area contributed by atoms with Crippen molar-refractivity contribution >= 4 is 34.2 Å². The van der Waals surface area contributed by atoms with Crippen LogP contribution in [0.5, 0.6) is 0 Å². The summed E-state index contributed by atoms with van der Waals surface area (Å²) in [6, 6.07) is 11.1. The molecule has 0 saturated heterocycles. The summed E-state index contributed by atoms with van der Waals surface area (Å²) in [5.41, 5.74) is 1.85. The summed E-state index contributed by atoms with van der Waals surface area (Å²) in [5.74, 6) is -0.0666. The van der Waals surface area contributed by atoms with E-state index in [9.17, 15) is 4.79 Å². The highest BCUT2D eigenvalue weighted by Crippen LogP contribution is 2.29. The van der Waals surface area contributed by atoms with Gasteiger partial charge in [0.2, 0.25) is 0 Å². The van der Waals surface area contributed by atoms with Crippen molar-refractivity contribution in [2.75, 3.05) is 5.32 Å². The minimum Gasteiger partial charge on any atom is -0.402 e. The molecule has 4 rings (SSSR count). The number of para-hydroxylation sites is 1. The number of pyridine rings is 1. The van der Waals surface area contributed by atoms with E-state index in [1.165, 1.54) is 11.3 Å². The van der Waals surface area contributed by atoms with Crippen molar-refractivity contribution in [1.29, 1.82) is 0 Å². The third kappa shape index (κ3) is 2.99. The second-order valence-electron chi connectivity index (χ2n) is 5.40. The predicted molar refractivity (Wildman–Crippen MR) is 94.6 cm³/mol. The van der Waals surface area contributed by atoms with Gasteiger partial charge in [-0.3, -0.25) is 10.1 Å². The number of nitrogens with zero attached hydrogens (tertiary/aromatic N) is 4. The molecular weight excluding hydrogens is 338 g/mol. The van der Waals surface area contributed by atoms with Crippen LogP contribution in [0.1, 0.15) is 21.2 Å². The molecule has 1 N–H and O–H groups in total. The van der Waals surface area contributed by atoms with E-state index in [4.69, 9.17) is 4.42 Å². The number of carbonyl (C=O) groups is 1. The zero-order valence-electron chi connectivity index (χ0n) is 13.5. The highest BCUT2D eigenvalue weighted by atomic mass is 32.1. The molecule has 8 heteroatoms. The fourth-order valence-electron chi connectivity index (χ4n) is 2.45. The van der Waals surface area contributed by atoms with Crippen molar-refractivity contribution in [2.45, 2.75) is 13.8 Å². The lowest BCUT2D eigenvalue weighted by Crippen LogP contribution is -2.13. The Morgan fingerprint density at radius 1 is 1.08 bits per heavy atom. The predicted octanol–water partition coefficient (Wildman–Crippen LogP) is 3.61. The monoisotopic (exact) mass is 351 g/mol. The lowest BCUT2D eigenvalue weighted by atomic mass is 10.2. The van der Waals surface area contributed by atoms with Crippen LogP contribution in [0.15, 0.2) is 40.8 Å². The molecule has 3 heterocycles. The van der Waals surface area contributed by atoms with Crippen LogP contribution in [0.25, 0.3) is 21.7 Å². The van der Waals surface area contributed by atoms with E-state index in [2.05, 4.69) is 25.5 Å². The van der Waals surface area contributed by atoms with E-state index in [1.54, 1.807) is 6.07 Å². The Balaban J connectivity index is 1.57. The van der Waals surface area contributed by atoms with Gasteiger partial charge in [0.1, 0.15) is 10.6 Å². The normalized spacial score (nSPS) is 11.0. The fraction of sp³-hybridized carbons (Fsp3) is 0.118. The van der Waals surface area contributed by atoms with E-state index in [0.29, 0.717) is 5.89 Å². The Morgan fingerprint density at radius 3 is 2.72 bits per heavy atom. The smallest absolute Gasteiger partial charge is 0.322 e. The highest BCUT2D eigenvalue weighted by Gasteiger charge is 2.17. The number of hydrogen-bond acceptors (Lipinski definition) is 7. The van der Waals surface area contributed by atoms with Crippen LogP contribution in [-0.4, -0.2) is 26.1 Å². The summed E-state index contributed by atoms with van der Waals surface area (Å²) in [5, 5.41) is 12.3. The number of rotatable bonds is 3.